The van der Waals surface area contributed by atoms with E-state index in [1.165, 1.54) is 23.7 Å². The predicted molar refractivity (Wildman–Crippen MR) is 119 cm³/mol. The summed E-state index contributed by atoms with van der Waals surface area (Å²) < 4.78 is 20.2. The Kier molecular flexibility index (Phi) is 6.09. The molecular formula is C25H21FN2O4. The van der Waals surface area contributed by atoms with Crippen molar-refractivity contribution in [3.05, 3.63) is 94.5 Å². The molecule has 0 aliphatic heterocycles. The number of benzene rings is 3. The number of ketones is 1. The molecular weight excluding hydrogens is 411 g/mol. The van der Waals surface area contributed by atoms with Gasteiger partial charge in [0.2, 0.25) is 0 Å². The van der Waals surface area contributed by atoms with E-state index in [0.29, 0.717) is 33.3 Å². The van der Waals surface area contributed by atoms with Gasteiger partial charge in [-0.25, -0.2) is 9.07 Å². The first kappa shape index (κ1) is 21.4. The van der Waals surface area contributed by atoms with Crippen LogP contribution in [0.1, 0.15) is 17.3 Å². The fourth-order valence-corrected chi connectivity index (χ4v) is 3.43. The van der Waals surface area contributed by atoms with Crippen molar-refractivity contribution in [1.82, 2.24) is 9.78 Å². The molecule has 6 nitrogen and oxygen atoms in total. The number of nitrogens with zero attached hydrogens (tertiary/aromatic N) is 2. The second-order valence-corrected chi connectivity index (χ2v) is 7.44. The molecule has 7 heteroatoms. The summed E-state index contributed by atoms with van der Waals surface area (Å²) in [6.45, 7) is 1.28. The highest BCUT2D eigenvalue weighted by Crippen LogP contribution is 2.25. The van der Waals surface area contributed by atoms with Crippen LogP contribution in [0.4, 0.5) is 4.39 Å². The molecule has 0 radical (unpaired) electrons. The highest BCUT2D eigenvalue weighted by atomic mass is 19.1. The zero-order chi connectivity index (χ0) is 22.7. The Hall–Kier alpha value is -3.84. The second-order valence-electron chi connectivity index (χ2n) is 7.44. The lowest BCUT2D eigenvalue weighted by Gasteiger charge is -2.16. The van der Waals surface area contributed by atoms with Crippen LogP contribution in [0.3, 0.4) is 0 Å². The number of carbonyl (C=O) groups excluding carboxylic acids is 1. The Bertz CT molecular complexity index is 1330. The van der Waals surface area contributed by atoms with E-state index < -0.39 is 6.10 Å². The van der Waals surface area contributed by atoms with Gasteiger partial charge in [-0.1, -0.05) is 30.3 Å². The molecule has 1 aromatic heterocycles. The minimum Gasteiger partial charge on any atom is -0.491 e. The Morgan fingerprint density at radius 2 is 1.78 bits per heavy atom. The summed E-state index contributed by atoms with van der Waals surface area (Å²) in [6, 6.07) is 19.6. The SMILES string of the molecule is CC(=O)c1cccc(OC[C@H](O)Cn2nc(-c3ccc(F)cc3)c3ccccc3c2=O)c1. The number of Topliss-reactive ketones (excluding diaryl/α,β-unsaturated/α-hetero) is 1. The van der Waals surface area contributed by atoms with E-state index in [-0.39, 0.29) is 30.3 Å². The van der Waals surface area contributed by atoms with Gasteiger partial charge in [-0.2, -0.15) is 5.10 Å². The lowest BCUT2D eigenvalue weighted by molar-refractivity contribution is 0.0881. The van der Waals surface area contributed by atoms with E-state index in [1.807, 2.05) is 0 Å². The van der Waals surface area contributed by atoms with Gasteiger partial charge in [0.25, 0.3) is 5.56 Å². The van der Waals surface area contributed by atoms with Crippen LogP contribution in [-0.2, 0) is 6.54 Å². The molecule has 1 heterocycles. The van der Waals surface area contributed by atoms with Crippen LogP contribution in [0.15, 0.2) is 77.6 Å². The van der Waals surface area contributed by atoms with E-state index in [9.17, 15) is 19.1 Å². The molecule has 3 aromatic carbocycles. The van der Waals surface area contributed by atoms with Crippen molar-refractivity contribution in [2.45, 2.75) is 19.6 Å². The number of aliphatic hydroxyl groups is 1. The molecule has 1 atom stereocenters. The molecule has 0 aliphatic rings. The van der Waals surface area contributed by atoms with E-state index in [0.717, 1.165) is 0 Å². The molecule has 0 amide bonds. The maximum absolute atomic E-state index is 13.4. The molecule has 0 unspecified atom stereocenters. The van der Waals surface area contributed by atoms with Crippen LogP contribution in [-0.4, -0.2) is 33.4 Å². The van der Waals surface area contributed by atoms with Crippen molar-refractivity contribution in [3.8, 4) is 17.0 Å². The number of hydrogen-bond acceptors (Lipinski definition) is 5. The van der Waals surface area contributed by atoms with E-state index >= 15 is 0 Å². The predicted octanol–water partition coefficient (Wildman–Crippen LogP) is 3.85. The zero-order valence-corrected chi connectivity index (χ0v) is 17.4. The minimum absolute atomic E-state index is 0.0868. The first-order valence-corrected chi connectivity index (χ1v) is 10.1. The Morgan fingerprint density at radius 3 is 2.50 bits per heavy atom. The summed E-state index contributed by atoms with van der Waals surface area (Å²) in [7, 11) is 0. The molecule has 0 aliphatic carbocycles. The smallest absolute Gasteiger partial charge is 0.274 e. The summed E-state index contributed by atoms with van der Waals surface area (Å²) in [4.78, 5) is 24.5. The zero-order valence-electron chi connectivity index (χ0n) is 17.4. The molecule has 0 saturated carbocycles. The fraction of sp³-hybridized carbons (Fsp3) is 0.160. The number of fused-ring (bicyclic) bond motifs is 1. The summed E-state index contributed by atoms with van der Waals surface area (Å²) in [5.41, 5.74) is 1.34. The highest BCUT2D eigenvalue weighted by Gasteiger charge is 2.15. The number of halogens is 1. The first-order chi connectivity index (χ1) is 15.4. The van der Waals surface area contributed by atoms with Crippen LogP contribution in [0.5, 0.6) is 5.75 Å². The number of ether oxygens (including phenoxy) is 1. The largest absolute Gasteiger partial charge is 0.491 e. The quantitative estimate of drug-likeness (QED) is 0.449. The highest BCUT2D eigenvalue weighted by molar-refractivity contribution is 5.94. The number of aliphatic hydroxyl groups excluding tert-OH is 1. The number of rotatable bonds is 7. The topological polar surface area (TPSA) is 81.4 Å². The maximum atomic E-state index is 13.4. The van der Waals surface area contributed by atoms with Gasteiger partial charge in [-0.05, 0) is 49.4 Å². The molecule has 0 fully saturated rings. The Balaban J connectivity index is 1.60. The monoisotopic (exact) mass is 432 g/mol. The number of hydrogen-bond donors (Lipinski definition) is 1. The van der Waals surface area contributed by atoms with E-state index in [2.05, 4.69) is 5.10 Å². The lowest BCUT2D eigenvalue weighted by atomic mass is 10.1. The molecule has 0 spiro atoms. The van der Waals surface area contributed by atoms with Gasteiger partial charge < -0.3 is 9.84 Å². The first-order valence-electron chi connectivity index (χ1n) is 10.1. The standard InChI is InChI=1S/C25H21FN2O4/c1-16(29)18-5-4-6-21(13-18)32-15-20(30)14-28-25(31)23-8-3-2-7-22(23)24(27-28)17-9-11-19(26)12-10-17/h2-13,20,30H,14-15H2,1H3/t20-/m1/s1. The molecule has 4 rings (SSSR count). The third-order valence-electron chi connectivity index (χ3n) is 5.05. The van der Waals surface area contributed by atoms with Crippen LogP contribution in [0.25, 0.3) is 22.0 Å². The molecule has 162 valence electrons. The van der Waals surface area contributed by atoms with Crippen molar-refractivity contribution >= 4 is 16.6 Å². The van der Waals surface area contributed by atoms with Gasteiger partial charge in [0.05, 0.1) is 17.6 Å². The molecule has 0 saturated heterocycles. The normalized spacial score (nSPS) is 12.0. The van der Waals surface area contributed by atoms with Gasteiger partial charge in [0.1, 0.15) is 24.3 Å². The molecule has 1 N–H and O–H groups in total. The van der Waals surface area contributed by atoms with Crippen LogP contribution < -0.4 is 10.3 Å². The molecule has 4 aromatic rings. The van der Waals surface area contributed by atoms with Crippen molar-refractivity contribution in [2.75, 3.05) is 6.61 Å². The summed E-state index contributed by atoms with van der Waals surface area (Å²) in [5.74, 6) is -0.00778. The van der Waals surface area contributed by atoms with Crippen LogP contribution in [0.2, 0.25) is 0 Å². The third-order valence-corrected chi connectivity index (χ3v) is 5.05. The summed E-state index contributed by atoms with van der Waals surface area (Å²) in [6.07, 6.45) is -1.02. The third kappa shape index (κ3) is 4.58. The van der Waals surface area contributed by atoms with Crippen molar-refractivity contribution in [1.29, 1.82) is 0 Å². The van der Waals surface area contributed by atoms with Gasteiger partial charge >= 0.3 is 0 Å². The van der Waals surface area contributed by atoms with Gasteiger partial charge in [-0.3, -0.25) is 9.59 Å². The van der Waals surface area contributed by atoms with Gasteiger partial charge in [0, 0.05) is 16.5 Å². The van der Waals surface area contributed by atoms with Crippen molar-refractivity contribution in [2.24, 2.45) is 0 Å². The average molecular weight is 432 g/mol. The summed E-state index contributed by atoms with van der Waals surface area (Å²) in [5, 5.41) is 16.0. The Morgan fingerprint density at radius 1 is 1.06 bits per heavy atom. The minimum atomic E-state index is -1.02. The van der Waals surface area contributed by atoms with Crippen molar-refractivity contribution < 1.29 is 19.0 Å². The van der Waals surface area contributed by atoms with Gasteiger partial charge in [-0.15, -0.1) is 0 Å². The maximum Gasteiger partial charge on any atom is 0.274 e. The van der Waals surface area contributed by atoms with Crippen molar-refractivity contribution in [3.63, 3.8) is 0 Å². The van der Waals surface area contributed by atoms with E-state index in [4.69, 9.17) is 4.74 Å². The number of carbonyl (C=O) groups is 1. The van der Waals surface area contributed by atoms with Crippen LogP contribution in [0, 0.1) is 5.82 Å². The fourth-order valence-electron chi connectivity index (χ4n) is 3.43. The molecule has 32 heavy (non-hydrogen) atoms. The Labute approximate surface area is 183 Å². The van der Waals surface area contributed by atoms with Gasteiger partial charge in [0.15, 0.2) is 5.78 Å². The van der Waals surface area contributed by atoms with Crippen LogP contribution >= 0.6 is 0 Å². The summed E-state index contributed by atoms with van der Waals surface area (Å²) >= 11 is 0. The van der Waals surface area contributed by atoms with E-state index in [1.54, 1.807) is 60.7 Å². The average Bonchev–Trinajstić information content (AvgIpc) is 2.80. The number of aromatic nitrogens is 2. The molecule has 0 bridgehead atoms. The second kappa shape index (κ2) is 9.11. The lowest BCUT2D eigenvalue weighted by Crippen LogP contribution is -2.32.